The maximum Gasteiger partial charge on any atom is 0.0706 e. The topological polar surface area (TPSA) is 24.9 Å². The van der Waals surface area contributed by atoms with E-state index in [1.807, 2.05) is 6.07 Å². The number of fused-ring (bicyclic) bond motifs is 1. The summed E-state index contributed by atoms with van der Waals surface area (Å²) in [5, 5.41) is 3.44. The number of aromatic nitrogens is 1. The van der Waals surface area contributed by atoms with Crippen molar-refractivity contribution >= 4 is 5.69 Å². The second-order valence-corrected chi connectivity index (χ2v) is 4.44. The van der Waals surface area contributed by atoms with Gasteiger partial charge in [0.2, 0.25) is 0 Å². The van der Waals surface area contributed by atoms with Crippen molar-refractivity contribution in [3.8, 4) is 11.3 Å². The molecule has 1 aliphatic rings. The van der Waals surface area contributed by atoms with Crippen molar-refractivity contribution < 1.29 is 0 Å². The molecule has 0 bridgehead atoms. The van der Waals surface area contributed by atoms with E-state index < -0.39 is 0 Å². The molecule has 2 heterocycles. The smallest absolute Gasteiger partial charge is 0.0706 e. The lowest BCUT2D eigenvalue weighted by Gasteiger charge is -2.08. The number of hydrogen-bond acceptors (Lipinski definition) is 2. The number of aryl methyl sites for hydroxylation is 1. The fraction of sp³-hybridized carbons (Fsp3) is 0.267. The first-order valence-corrected chi connectivity index (χ1v) is 6.23. The van der Waals surface area contributed by atoms with Gasteiger partial charge in [-0.2, -0.15) is 0 Å². The van der Waals surface area contributed by atoms with Crippen molar-refractivity contribution in [1.29, 1.82) is 0 Å². The van der Waals surface area contributed by atoms with E-state index >= 15 is 0 Å². The summed E-state index contributed by atoms with van der Waals surface area (Å²) in [6.07, 6.45) is 3.55. The Kier molecular flexibility index (Phi) is 2.78. The van der Waals surface area contributed by atoms with Crippen LogP contribution in [0.3, 0.4) is 0 Å². The van der Waals surface area contributed by atoms with Crippen LogP contribution in [-0.4, -0.2) is 11.5 Å². The summed E-state index contributed by atoms with van der Waals surface area (Å²) in [4.78, 5) is 4.78. The molecule has 1 aromatic heterocycles. The van der Waals surface area contributed by atoms with Gasteiger partial charge in [0.05, 0.1) is 17.1 Å². The van der Waals surface area contributed by atoms with Gasteiger partial charge in [-0.1, -0.05) is 30.3 Å². The summed E-state index contributed by atoms with van der Waals surface area (Å²) in [5.74, 6) is 0. The lowest BCUT2D eigenvalue weighted by molar-refractivity contribution is 0.774. The quantitative estimate of drug-likeness (QED) is 0.802. The van der Waals surface area contributed by atoms with E-state index in [4.69, 9.17) is 4.98 Å². The molecule has 1 aliphatic heterocycles. The average molecular weight is 224 g/mol. The first-order chi connectivity index (χ1) is 8.43. The second kappa shape index (κ2) is 4.58. The predicted molar refractivity (Wildman–Crippen MR) is 71.1 cm³/mol. The van der Waals surface area contributed by atoms with Crippen molar-refractivity contribution in [2.45, 2.75) is 19.3 Å². The minimum atomic E-state index is 1.07. The van der Waals surface area contributed by atoms with Crippen LogP contribution < -0.4 is 5.32 Å². The molecule has 0 radical (unpaired) electrons. The first kappa shape index (κ1) is 10.3. The molecule has 1 N–H and O–H groups in total. The van der Waals surface area contributed by atoms with Crippen LogP contribution in [0.5, 0.6) is 0 Å². The molecule has 0 fully saturated rings. The monoisotopic (exact) mass is 224 g/mol. The molecule has 0 spiro atoms. The highest BCUT2D eigenvalue weighted by Gasteiger charge is 2.09. The van der Waals surface area contributed by atoms with Crippen molar-refractivity contribution in [2.24, 2.45) is 0 Å². The van der Waals surface area contributed by atoms with E-state index in [0.717, 1.165) is 18.7 Å². The Labute approximate surface area is 102 Å². The van der Waals surface area contributed by atoms with Crippen LogP contribution >= 0.6 is 0 Å². The van der Waals surface area contributed by atoms with Crippen molar-refractivity contribution in [1.82, 2.24) is 4.98 Å². The van der Waals surface area contributed by atoms with Gasteiger partial charge in [0.25, 0.3) is 0 Å². The summed E-state index contributed by atoms with van der Waals surface area (Å²) in [5.41, 5.74) is 4.69. The molecule has 0 aliphatic carbocycles. The Morgan fingerprint density at radius 2 is 1.82 bits per heavy atom. The normalized spacial score (nSPS) is 14.6. The van der Waals surface area contributed by atoms with Gasteiger partial charge in [-0.3, -0.25) is 4.98 Å². The van der Waals surface area contributed by atoms with Gasteiger partial charge in [0, 0.05) is 12.1 Å². The zero-order valence-corrected chi connectivity index (χ0v) is 9.82. The molecular weight excluding hydrogens is 208 g/mol. The fourth-order valence-corrected chi connectivity index (χ4v) is 2.26. The van der Waals surface area contributed by atoms with E-state index in [1.165, 1.54) is 29.8 Å². The maximum absolute atomic E-state index is 4.78. The van der Waals surface area contributed by atoms with E-state index in [1.54, 1.807) is 0 Å². The summed E-state index contributed by atoms with van der Waals surface area (Å²) in [7, 11) is 0. The van der Waals surface area contributed by atoms with Crippen LogP contribution in [0.4, 0.5) is 5.69 Å². The molecule has 3 rings (SSSR count). The highest BCUT2D eigenvalue weighted by atomic mass is 14.9. The molecule has 86 valence electrons. The lowest BCUT2D eigenvalue weighted by atomic mass is 10.1. The lowest BCUT2D eigenvalue weighted by Crippen LogP contribution is -2.01. The minimum absolute atomic E-state index is 1.07. The highest BCUT2D eigenvalue weighted by molar-refractivity contribution is 5.63. The molecule has 2 nitrogen and oxygen atoms in total. The molecule has 2 aromatic rings. The summed E-state index contributed by atoms with van der Waals surface area (Å²) in [6, 6.07) is 14.6. The van der Waals surface area contributed by atoms with Crippen LogP contribution in [0, 0.1) is 0 Å². The van der Waals surface area contributed by atoms with Gasteiger partial charge >= 0.3 is 0 Å². The Hall–Kier alpha value is -1.83. The Morgan fingerprint density at radius 1 is 0.941 bits per heavy atom. The number of hydrogen-bond donors (Lipinski definition) is 1. The van der Waals surface area contributed by atoms with Crippen LogP contribution in [0.25, 0.3) is 11.3 Å². The molecule has 0 atom stereocenters. The summed E-state index contributed by atoms with van der Waals surface area (Å²) < 4.78 is 0. The molecule has 17 heavy (non-hydrogen) atoms. The number of rotatable bonds is 1. The third kappa shape index (κ3) is 2.16. The van der Waals surface area contributed by atoms with Crippen LogP contribution in [0.2, 0.25) is 0 Å². The second-order valence-electron chi connectivity index (χ2n) is 4.44. The van der Waals surface area contributed by atoms with Gasteiger partial charge < -0.3 is 5.32 Å². The number of anilines is 1. The largest absolute Gasteiger partial charge is 0.384 e. The number of nitrogens with one attached hydrogen (secondary N) is 1. The third-order valence-electron chi connectivity index (χ3n) is 3.20. The Balaban J connectivity index is 2.00. The van der Waals surface area contributed by atoms with Gasteiger partial charge in [-0.05, 0) is 31.4 Å². The van der Waals surface area contributed by atoms with Crippen molar-refractivity contribution in [2.75, 3.05) is 11.9 Å². The van der Waals surface area contributed by atoms with E-state index in [2.05, 4.69) is 41.7 Å². The van der Waals surface area contributed by atoms with Crippen molar-refractivity contribution in [3.63, 3.8) is 0 Å². The van der Waals surface area contributed by atoms with Crippen LogP contribution in [-0.2, 0) is 6.42 Å². The molecule has 0 saturated heterocycles. The van der Waals surface area contributed by atoms with Gasteiger partial charge in [-0.15, -0.1) is 0 Å². The average Bonchev–Trinajstić information content (AvgIpc) is 2.64. The zero-order valence-electron chi connectivity index (χ0n) is 9.82. The standard InChI is InChI=1S/C15H16N2/c1-2-6-12(7-3-1)13-9-10-14-15(17-13)8-4-5-11-16-14/h1-3,6-7,9-10,16H,4-5,8,11H2. The van der Waals surface area contributed by atoms with Crippen LogP contribution in [0.1, 0.15) is 18.5 Å². The Bertz CT molecular complexity index is 506. The predicted octanol–water partition coefficient (Wildman–Crippen LogP) is 3.50. The summed E-state index contributed by atoms with van der Waals surface area (Å²) >= 11 is 0. The number of nitrogens with zero attached hydrogens (tertiary/aromatic N) is 1. The maximum atomic E-state index is 4.78. The van der Waals surface area contributed by atoms with Gasteiger partial charge in [0.15, 0.2) is 0 Å². The molecule has 0 saturated carbocycles. The molecule has 1 aromatic carbocycles. The van der Waals surface area contributed by atoms with Crippen LogP contribution in [0.15, 0.2) is 42.5 Å². The van der Waals surface area contributed by atoms with E-state index in [9.17, 15) is 0 Å². The number of pyridine rings is 1. The van der Waals surface area contributed by atoms with E-state index in [0.29, 0.717) is 0 Å². The number of benzene rings is 1. The SMILES string of the molecule is c1ccc(-c2ccc3c(n2)CCCCN3)cc1. The van der Waals surface area contributed by atoms with Gasteiger partial charge in [0.1, 0.15) is 0 Å². The molecule has 2 heteroatoms. The van der Waals surface area contributed by atoms with Gasteiger partial charge in [-0.25, -0.2) is 0 Å². The minimum Gasteiger partial charge on any atom is -0.384 e. The third-order valence-corrected chi connectivity index (χ3v) is 3.20. The van der Waals surface area contributed by atoms with Crippen molar-refractivity contribution in [3.05, 3.63) is 48.2 Å². The molecular formula is C15H16N2. The zero-order chi connectivity index (χ0) is 11.5. The van der Waals surface area contributed by atoms with E-state index in [-0.39, 0.29) is 0 Å². The summed E-state index contributed by atoms with van der Waals surface area (Å²) in [6.45, 7) is 1.07. The highest BCUT2D eigenvalue weighted by Crippen LogP contribution is 2.24. The fourth-order valence-electron chi connectivity index (χ4n) is 2.26. The first-order valence-electron chi connectivity index (χ1n) is 6.23. The molecule has 0 unspecified atom stereocenters. The molecule has 0 amide bonds. The Morgan fingerprint density at radius 3 is 2.71 bits per heavy atom.